The number of likely N-dealkylation sites (tertiary alicyclic amines) is 1. The molecule has 8 rings (SSSR count). The summed E-state index contributed by atoms with van der Waals surface area (Å²) in [4.78, 5) is 15.6. The van der Waals surface area contributed by atoms with E-state index in [0.717, 1.165) is 55.7 Å². The average Bonchev–Trinajstić information content (AvgIpc) is 3.23. The molecule has 2 heterocycles. The highest BCUT2D eigenvalue weighted by atomic mass is 16.6. The summed E-state index contributed by atoms with van der Waals surface area (Å²) in [5.41, 5.74) is 3.26. The van der Waals surface area contributed by atoms with Crippen LogP contribution >= 0.6 is 0 Å². The highest BCUT2D eigenvalue weighted by molar-refractivity contribution is 5.81. The van der Waals surface area contributed by atoms with Crippen LogP contribution < -0.4 is 9.47 Å². The number of benzene rings is 2. The molecule has 4 fully saturated rings. The molecule has 0 N–H and O–H groups in total. The molecule has 6 atom stereocenters. The Hall–Kier alpha value is -2.37. The van der Waals surface area contributed by atoms with Gasteiger partial charge < -0.3 is 19.1 Å². The van der Waals surface area contributed by atoms with E-state index in [-0.39, 0.29) is 28.6 Å². The van der Waals surface area contributed by atoms with Crippen LogP contribution in [0.25, 0.3) is 0 Å². The predicted molar refractivity (Wildman–Crippen MR) is 128 cm³/mol. The lowest BCUT2D eigenvalue weighted by Crippen LogP contribution is -2.81. The second-order valence-corrected chi connectivity index (χ2v) is 11.3. The zero-order valence-electron chi connectivity index (χ0n) is 20.3. The van der Waals surface area contributed by atoms with Gasteiger partial charge in [-0.25, -0.2) is 0 Å². The van der Waals surface area contributed by atoms with Crippen molar-refractivity contribution in [3.63, 3.8) is 0 Å². The van der Waals surface area contributed by atoms with Gasteiger partial charge in [0.2, 0.25) is 0 Å². The van der Waals surface area contributed by atoms with Crippen LogP contribution in [-0.2, 0) is 28.0 Å². The number of piperidine rings is 1. The number of ether oxygens (including phenoxy) is 3. The lowest BCUT2D eigenvalue weighted by atomic mass is 9.34. The molecule has 0 amide bonds. The van der Waals surface area contributed by atoms with Crippen LogP contribution in [0, 0.1) is 11.3 Å². The van der Waals surface area contributed by atoms with Gasteiger partial charge in [-0.05, 0) is 69.8 Å². The molecular formula is C29H33NO4. The number of methoxy groups -OCH3 is 1. The number of nitrogens with zero attached hydrogens (tertiary/aromatic N) is 1. The zero-order chi connectivity index (χ0) is 23.3. The number of hydrogen-bond donors (Lipinski definition) is 0. The molecule has 4 bridgehead atoms. The molecule has 2 aromatic rings. The molecule has 4 aliphatic carbocycles. The van der Waals surface area contributed by atoms with E-state index in [4.69, 9.17) is 14.2 Å². The van der Waals surface area contributed by atoms with E-state index in [1.165, 1.54) is 11.1 Å². The monoisotopic (exact) mass is 459 g/mol. The summed E-state index contributed by atoms with van der Waals surface area (Å²) >= 11 is 0. The van der Waals surface area contributed by atoms with Crippen LogP contribution in [0.1, 0.15) is 49.3 Å². The van der Waals surface area contributed by atoms with Crippen LogP contribution in [-0.4, -0.2) is 49.1 Å². The van der Waals surface area contributed by atoms with E-state index < -0.39 is 5.60 Å². The smallest absolute Gasteiger partial charge is 0.166 e. The summed E-state index contributed by atoms with van der Waals surface area (Å²) < 4.78 is 19.8. The Bertz CT molecular complexity index is 1180. The second-order valence-electron chi connectivity index (χ2n) is 11.3. The Morgan fingerprint density at radius 1 is 1.15 bits per heavy atom. The molecule has 0 radical (unpaired) electrons. The Kier molecular flexibility index (Phi) is 4.23. The van der Waals surface area contributed by atoms with Gasteiger partial charge in [0.1, 0.15) is 24.1 Å². The lowest BCUT2D eigenvalue weighted by molar-refractivity contribution is -0.270. The number of carbonyl (C=O) groups is 1. The molecule has 5 heteroatoms. The van der Waals surface area contributed by atoms with E-state index in [2.05, 4.69) is 36.2 Å². The summed E-state index contributed by atoms with van der Waals surface area (Å²) in [6, 6.07) is 15.1. The lowest BCUT2D eigenvalue weighted by Gasteiger charge is -2.73. The maximum atomic E-state index is 13.0. The molecule has 2 aromatic carbocycles. The number of Topliss-reactive ketones (excluding diaryl/α,β-unsaturated/α-hetero) is 1. The third-order valence-corrected chi connectivity index (χ3v) is 10.3. The normalized spacial score (nSPS) is 38.9. The van der Waals surface area contributed by atoms with E-state index in [9.17, 15) is 4.79 Å². The van der Waals surface area contributed by atoms with Crippen molar-refractivity contribution in [3.05, 3.63) is 59.2 Å². The molecule has 0 aromatic heterocycles. The van der Waals surface area contributed by atoms with Gasteiger partial charge in [0, 0.05) is 29.5 Å². The molecular weight excluding hydrogens is 426 g/mol. The average molecular weight is 460 g/mol. The van der Waals surface area contributed by atoms with Gasteiger partial charge >= 0.3 is 0 Å². The Balaban J connectivity index is 1.41. The van der Waals surface area contributed by atoms with Crippen molar-refractivity contribution in [1.29, 1.82) is 0 Å². The molecule has 6 unspecified atom stereocenters. The summed E-state index contributed by atoms with van der Waals surface area (Å²) in [7, 11) is 4.07. The van der Waals surface area contributed by atoms with E-state index in [1.54, 1.807) is 14.0 Å². The van der Waals surface area contributed by atoms with Crippen LogP contribution in [0.4, 0.5) is 0 Å². The van der Waals surface area contributed by atoms with Crippen LogP contribution in [0.3, 0.4) is 0 Å². The van der Waals surface area contributed by atoms with Crippen molar-refractivity contribution >= 4 is 5.78 Å². The summed E-state index contributed by atoms with van der Waals surface area (Å²) in [6.45, 7) is 3.31. The van der Waals surface area contributed by atoms with Gasteiger partial charge in [-0.15, -0.1) is 0 Å². The Morgan fingerprint density at radius 2 is 1.97 bits per heavy atom. The number of fused-ring (bicyclic) bond motifs is 2. The van der Waals surface area contributed by atoms with E-state index in [1.807, 2.05) is 18.2 Å². The molecule has 6 aliphatic rings. The second kappa shape index (κ2) is 6.86. The fraction of sp³-hybridized carbons (Fsp3) is 0.552. The highest BCUT2D eigenvalue weighted by Gasteiger charge is 2.81. The summed E-state index contributed by atoms with van der Waals surface area (Å²) in [5, 5.41) is 0. The minimum atomic E-state index is -0.571. The third kappa shape index (κ3) is 2.26. The van der Waals surface area contributed by atoms with Gasteiger partial charge in [-0.2, -0.15) is 0 Å². The number of likely N-dealkylation sites (N-methyl/N-ethyl adjacent to an activating group) is 1. The first-order valence-electron chi connectivity index (χ1n) is 12.7. The Morgan fingerprint density at radius 3 is 2.74 bits per heavy atom. The molecule has 2 spiro atoms. The fourth-order valence-electron chi connectivity index (χ4n) is 8.99. The van der Waals surface area contributed by atoms with E-state index in [0.29, 0.717) is 12.6 Å². The first kappa shape index (κ1) is 21.0. The van der Waals surface area contributed by atoms with Crippen molar-refractivity contribution in [3.8, 4) is 11.5 Å². The van der Waals surface area contributed by atoms with Crippen molar-refractivity contribution in [2.24, 2.45) is 11.3 Å². The SMILES string of the molecule is COC12CCC3(CC1C(C)=O)C1Cc4ccc(OCc5ccccc5)c5c4C3(CCN1C)C2O5. The maximum Gasteiger partial charge on any atom is 0.166 e. The third-order valence-electron chi connectivity index (χ3n) is 10.3. The maximum absolute atomic E-state index is 13.0. The standard InChI is InChI=1S/C29H33NO4/c1-18(31)21-16-27-11-12-29(21,32-3)26-28(27)13-14-30(2)23(27)15-20-9-10-22(25(34-26)24(20)28)33-17-19-7-5-4-6-8-19/h4-10,21,23,26H,11-17H2,1-3H3. The van der Waals surface area contributed by atoms with Gasteiger partial charge in [0.25, 0.3) is 0 Å². The van der Waals surface area contributed by atoms with Crippen LogP contribution in [0.2, 0.25) is 0 Å². The van der Waals surface area contributed by atoms with Gasteiger partial charge in [0.15, 0.2) is 11.5 Å². The van der Waals surface area contributed by atoms with E-state index >= 15 is 0 Å². The van der Waals surface area contributed by atoms with Crippen LogP contribution in [0.15, 0.2) is 42.5 Å². The number of ketones is 1. The predicted octanol–water partition coefficient (Wildman–Crippen LogP) is 4.30. The molecule has 2 aliphatic heterocycles. The largest absolute Gasteiger partial charge is 0.485 e. The minimum Gasteiger partial charge on any atom is -0.485 e. The van der Waals surface area contributed by atoms with Crippen LogP contribution in [0.5, 0.6) is 11.5 Å². The van der Waals surface area contributed by atoms with Gasteiger partial charge in [-0.3, -0.25) is 4.79 Å². The Labute approximate surface area is 201 Å². The summed E-state index contributed by atoms with van der Waals surface area (Å²) in [6.07, 6.45) is 4.79. The molecule has 3 saturated carbocycles. The minimum absolute atomic E-state index is 0.0393. The number of rotatable bonds is 5. The first-order valence-corrected chi connectivity index (χ1v) is 12.7. The fourth-order valence-corrected chi connectivity index (χ4v) is 8.99. The first-order chi connectivity index (χ1) is 16.5. The number of carbonyl (C=O) groups excluding carboxylic acids is 1. The quantitative estimate of drug-likeness (QED) is 0.667. The molecule has 5 nitrogen and oxygen atoms in total. The van der Waals surface area contributed by atoms with Crippen molar-refractivity contribution in [2.75, 3.05) is 20.7 Å². The van der Waals surface area contributed by atoms with Crippen molar-refractivity contribution in [1.82, 2.24) is 4.90 Å². The van der Waals surface area contributed by atoms with Crippen molar-refractivity contribution < 1.29 is 19.0 Å². The van der Waals surface area contributed by atoms with Crippen molar-refractivity contribution in [2.45, 2.75) is 68.8 Å². The topological polar surface area (TPSA) is 48.0 Å². The molecule has 1 saturated heterocycles. The summed E-state index contributed by atoms with van der Waals surface area (Å²) in [5.74, 6) is 1.85. The number of hydrogen-bond acceptors (Lipinski definition) is 5. The van der Waals surface area contributed by atoms with Gasteiger partial charge in [-0.1, -0.05) is 36.4 Å². The highest BCUT2D eigenvalue weighted by Crippen LogP contribution is 2.76. The molecule has 34 heavy (non-hydrogen) atoms. The van der Waals surface area contributed by atoms with Gasteiger partial charge in [0.05, 0.1) is 5.92 Å². The zero-order valence-corrected chi connectivity index (χ0v) is 20.3. The molecule has 178 valence electrons.